The molecule has 3 heterocycles. The summed E-state index contributed by atoms with van der Waals surface area (Å²) < 4.78 is 11.5. The van der Waals surface area contributed by atoms with Gasteiger partial charge in [-0.15, -0.1) is 0 Å². The molecule has 0 aromatic rings. The molecular formula is C20H34N2O3. The van der Waals surface area contributed by atoms with Crippen molar-refractivity contribution in [2.45, 2.75) is 38.5 Å². The molecule has 5 nitrogen and oxygen atoms in total. The summed E-state index contributed by atoms with van der Waals surface area (Å²) in [5.41, 5.74) is 0.366. The third-order valence-corrected chi connectivity index (χ3v) is 6.99. The fourth-order valence-corrected chi connectivity index (χ4v) is 5.13. The Labute approximate surface area is 152 Å². The summed E-state index contributed by atoms with van der Waals surface area (Å²) in [6, 6.07) is 0. The number of nitrogens with zero attached hydrogens (tertiary/aromatic N) is 2. The molecule has 4 fully saturated rings. The molecule has 0 aromatic carbocycles. The molecule has 3 saturated heterocycles. The Hall–Kier alpha value is -0.650. The van der Waals surface area contributed by atoms with E-state index in [0.29, 0.717) is 17.2 Å². The number of hydrogen-bond acceptors (Lipinski definition) is 4. The third kappa shape index (κ3) is 4.04. The van der Waals surface area contributed by atoms with E-state index in [2.05, 4.69) is 16.8 Å². The van der Waals surface area contributed by atoms with Crippen molar-refractivity contribution >= 4 is 5.91 Å². The molecule has 25 heavy (non-hydrogen) atoms. The second-order valence-electron chi connectivity index (χ2n) is 8.95. The minimum Gasteiger partial charge on any atom is -0.381 e. The van der Waals surface area contributed by atoms with Crippen molar-refractivity contribution < 1.29 is 14.3 Å². The zero-order chi connectivity index (χ0) is 17.3. The molecule has 4 aliphatic rings. The molecular weight excluding hydrogens is 316 g/mol. The van der Waals surface area contributed by atoms with Gasteiger partial charge in [0, 0.05) is 57.8 Å². The van der Waals surface area contributed by atoms with Gasteiger partial charge in [0.15, 0.2) is 0 Å². The van der Waals surface area contributed by atoms with Crippen LogP contribution < -0.4 is 0 Å². The Bertz CT molecular complexity index is 466. The van der Waals surface area contributed by atoms with E-state index in [1.54, 1.807) is 0 Å². The number of carbonyl (C=O) groups is 1. The summed E-state index contributed by atoms with van der Waals surface area (Å²) >= 11 is 0. The van der Waals surface area contributed by atoms with Crippen LogP contribution in [0.15, 0.2) is 0 Å². The van der Waals surface area contributed by atoms with Crippen LogP contribution in [0.4, 0.5) is 0 Å². The van der Waals surface area contributed by atoms with Crippen LogP contribution in [0.3, 0.4) is 0 Å². The first-order valence-electron chi connectivity index (χ1n) is 10.3. The monoisotopic (exact) mass is 350 g/mol. The van der Waals surface area contributed by atoms with E-state index in [1.165, 1.54) is 19.4 Å². The van der Waals surface area contributed by atoms with Gasteiger partial charge >= 0.3 is 0 Å². The van der Waals surface area contributed by atoms with Gasteiger partial charge in [0.25, 0.3) is 0 Å². The number of likely N-dealkylation sites (tertiary alicyclic amines) is 2. The maximum Gasteiger partial charge on any atom is 0.225 e. The van der Waals surface area contributed by atoms with Crippen molar-refractivity contribution in [3.63, 3.8) is 0 Å². The summed E-state index contributed by atoms with van der Waals surface area (Å²) in [7, 11) is 2.24. The summed E-state index contributed by atoms with van der Waals surface area (Å²) in [5.74, 6) is 2.06. The topological polar surface area (TPSA) is 42.0 Å². The van der Waals surface area contributed by atoms with Crippen molar-refractivity contribution in [3.8, 4) is 0 Å². The van der Waals surface area contributed by atoms with Gasteiger partial charge in [0.1, 0.15) is 0 Å². The maximum absolute atomic E-state index is 12.8. The molecule has 1 saturated carbocycles. The number of ether oxygens (including phenoxy) is 2. The molecule has 0 radical (unpaired) electrons. The zero-order valence-electron chi connectivity index (χ0n) is 15.8. The third-order valence-electron chi connectivity index (χ3n) is 6.99. The van der Waals surface area contributed by atoms with Crippen molar-refractivity contribution in [3.05, 3.63) is 0 Å². The van der Waals surface area contributed by atoms with Gasteiger partial charge < -0.3 is 19.3 Å². The van der Waals surface area contributed by atoms with Crippen LogP contribution in [0.25, 0.3) is 0 Å². The normalized spacial score (nSPS) is 30.9. The highest BCUT2D eigenvalue weighted by molar-refractivity contribution is 5.79. The zero-order valence-corrected chi connectivity index (χ0v) is 15.8. The smallest absolute Gasteiger partial charge is 0.225 e. The summed E-state index contributed by atoms with van der Waals surface area (Å²) in [6.07, 6.45) is 6.81. The first kappa shape index (κ1) is 17.7. The Morgan fingerprint density at radius 1 is 1.12 bits per heavy atom. The molecule has 142 valence electrons. The van der Waals surface area contributed by atoms with Crippen LogP contribution in [0, 0.1) is 23.2 Å². The minimum atomic E-state index is 0.201. The van der Waals surface area contributed by atoms with E-state index < -0.39 is 0 Å². The van der Waals surface area contributed by atoms with Crippen molar-refractivity contribution in [2.24, 2.45) is 23.2 Å². The molecule has 0 N–H and O–H groups in total. The van der Waals surface area contributed by atoms with Crippen LogP contribution >= 0.6 is 0 Å². The van der Waals surface area contributed by atoms with Crippen molar-refractivity contribution in [1.29, 1.82) is 0 Å². The second-order valence-corrected chi connectivity index (χ2v) is 8.95. The number of piperidine rings is 1. The lowest BCUT2D eigenvalue weighted by atomic mass is 9.71. The fourth-order valence-electron chi connectivity index (χ4n) is 5.13. The minimum absolute atomic E-state index is 0.201. The molecule has 0 unspecified atom stereocenters. The molecule has 5 heteroatoms. The van der Waals surface area contributed by atoms with Gasteiger partial charge in [-0.25, -0.2) is 0 Å². The van der Waals surface area contributed by atoms with Crippen LogP contribution in [-0.4, -0.2) is 75.4 Å². The van der Waals surface area contributed by atoms with E-state index in [-0.39, 0.29) is 5.92 Å². The quantitative estimate of drug-likeness (QED) is 0.761. The second kappa shape index (κ2) is 7.53. The van der Waals surface area contributed by atoms with Gasteiger partial charge in [-0.1, -0.05) is 0 Å². The van der Waals surface area contributed by atoms with Crippen molar-refractivity contribution in [2.75, 3.05) is 59.7 Å². The van der Waals surface area contributed by atoms with E-state index in [9.17, 15) is 4.79 Å². The highest BCUT2D eigenvalue weighted by Gasteiger charge is 2.48. The lowest BCUT2D eigenvalue weighted by Gasteiger charge is -2.43. The Morgan fingerprint density at radius 3 is 2.52 bits per heavy atom. The Balaban J connectivity index is 1.30. The average Bonchev–Trinajstić information content (AvgIpc) is 3.41. The predicted octanol–water partition coefficient (Wildman–Crippen LogP) is 2.01. The maximum atomic E-state index is 12.8. The fraction of sp³-hybridized carbons (Fsp3) is 0.950. The molecule has 1 atom stereocenters. The van der Waals surface area contributed by atoms with Gasteiger partial charge in [0.05, 0.1) is 6.61 Å². The van der Waals surface area contributed by atoms with Crippen LogP contribution in [0.1, 0.15) is 38.5 Å². The molecule has 0 bridgehead atoms. The number of carbonyl (C=O) groups excluding carboxylic acids is 1. The van der Waals surface area contributed by atoms with E-state index >= 15 is 0 Å². The molecule has 1 aliphatic carbocycles. The first-order valence-corrected chi connectivity index (χ1v) is 10.3. The number of rotatable bonds is 5. The van der Waals surface area contributed by atoms with Gasteiger partial charge in [-0.05, 0) is 56.9 Å². The SMILES string of the molecule is CN1C[C@@H](COCC2CC2)C2(CCN(C(=O)C3CCOCC3)CC2)C1. The molecule has 1 amide bonds. The van der Waals surface area contributed by atoms with E-state index in [0.717, 1.165) is 77.7 Å². The average molecular weight is 351 g/mol. The van der Waals surface area contributed by atoms with Crippen LogP contribution in [-0.2, 0) is 14.3 Å². The standard InChI is InChI=1S/C20H34N2O3/c1-21-12-18(14-25-13-16-2-3-16)20(15-21)6-8-22(9-7-20)19(23)17-4-10-24-11-5-17/h16-18H,2-15H2,1H3/t18-/m0/s1. The summed E-state index contributed by atoms with van der Waals surface area (Å²) in [4.78, 5) is 17.4. The van der Waals surface area contributed by atoms with Crippen LogP contribution in [0.5, 0.6) is 0 Å². The largest absolute Gasteiger partial charge is 0.381 e. The van der Waals surface area contributed by atoms with Gasteiger partial charge in [-0.2, -0.15) is 0 Å². The molecule has 0 aromatic heterocycles. The summed E-state index contributed by atoms with van der Waals surface area (Å²) in [5, 5.41) is 0. The van der Waals surface area contributed by atoms with Gasteiger partial charge in [-0.3, -0.25) is 4.79 Å². The van der Waals surface area contributed by atoms with Gasteiger partial charge in [0.2, 0.25) is 5.91 Å². The molecule has 1 spiro atoms. The lowest BCUT2D eigenvalue weighted by molar-refractivity contribution is -0.141. The van der Waals surface area contributed by atoms with E-state index in [4.69, 9.17) is 9.47 Å². The molecule has 3 aliphatic heterocycles. The lowest BCUT2D eigenvalue weighted by Crippen LogP contribution is -2.49. The van der Waals surface area contributed by atoms with Crippen molar-refractivity contribution in [1.82, 2.24) is 9.80 Å². The summed E-state index contributed by atoms with van der Waals surface area (Å²) in [6.45, 7) is 7.56. The Kier molecular flexibility index (Phi) is 5.35. The Morgan fingerprint density at radius 2 is 1.84 bits per heavy atom. The number of hydrogen-bond donors (Lipinski definition) is 0. The predicted molar refractivity (Wildman–Crippen MR) is 96.3 cm³/mol. The van der Waals surface area contributed by atoms with Crippen LogP contribution in [0.2, 0.25) is 0 Å². The highest BCUT2D eigenvalue weighted by atomic mass is 16.5. The van der Waals surface area contributed by atoms with E-state index in [1.807, 2.05) is 0 Å². The molecule has 4 rings (SSSR count). The first-order chi connectivity index (χ1) is 12.2. The highest BCUT2D eigenvalue weighted by Crippen LogP contribution is 2.45. The number of amides is 1.